The smallest absolute Gasteiger partial charge is 0.205 e. The normalized spacial score (nSPS) is 10.9. The molecule has 102 valence electrons. The molecule has 5 heteroatoms. The van der Waals surface area contributed by atoms with Crippen LogP contribution < -0.4 is 5.32 Å². The second kappa shape index (κ2) is 6.61. The van der Waals surface area contributed by atoms with Crippen LogP contribution >= 0.6 is 11.3 Å². The second-order valence-corrected chi connectivity index (χ2v) is 5.52. The second-order valence-electron chi connectivity index (χ2n) is 4.46. The van der Waals surface area contributed by atoms with Gasteiger partial charge in [0, 0.05) is 12.5 Å². The summed E-state index contributed by atoms with van der Waals surface area (Å²) < 4.78 is 12.8. The first-order chi connectivity index (χ1) is 9.21. The first kappa shape index (κ1) is 13.9. The third-order valence-electron chi connectivity index (χ3n) is 3.05. The maximum atomic E-state index is 12.8. The molecule has 0 spiro atoms. The van der Waals surface area contributed by atoms with Crippen LogP contribution in [0.4, 0.5) is 9.52 Å². The van der Waals surface area contributed by atoms with Crippen molar-refractivity contribution in [3.63, 3.8) is 0 Å². The van der Waals surface area contributed by atoms with Crippen molar-refractivity contribution < 1.29 is 4.39 Å². The highest BCUT2D eigenvalue weighted by atomic mass is 32.1. The lowest BCUT2D eigenvalue weighted by Crippen LogP contribution is -2.16. The number of rotatable bonds is 6. The zero-order valence-corrected chi connectivity index (χ0v) is 12.0. The number of anilines is 1. The Hall–Kier alpha value is -1.49. The van der Waals surface area contributed by atoms with Gasteiger partial charge in [-0.05, 0) is 30.5 Å². The van der Waals surface area contributed by atoms with Crippen molar-refractivity contribution in [2.75, 3.05) is 5.32 Å². The summed E-state index contributed by atoms with van der Waals surface area (Å²) in [5.74, 6) is -0.211. The van der Waals surface area contributed by atoms with Crippen LogP contribution in [0.2, 0.25) is 0 Å². The molecule has 0 aliphatic heterocycles. The summed E-state index contributed by atoms with van der Waals surface area (Å²) in [6.07, 6.45) is 2.84. The van der Waals surface area contributed by atoms with Crippen molar-refractivity contribution in [2.45, 2.75) is 39.2 Å². The summed E-state index contributed by atoms with van der Waals surface area (Å²) >= 11 is 1.56. The summed E-state index contributed by atoms with van der Waals surface area (Å²) in [6.45, 7) is 4.31. The molecule has 0 bridgehead atoms. The van der Waals surface area contributed by atoms with Crippen LogP contribution in [0.25, 0.3) is 0 Å². The van der Waals surface area contributed by atoms with E-state index in [1.54, 1.807) is 23.5 Å². The maximum Gasteiger partial charge on any atom is 0.205 e. The molecule has 1 N–H and O–H groups in total. The number of halogens is 1. The number of nitrogens with one attached hydrogen (secondary N) is 1. The molecule has 0 aliphatic carbocycles. The molecule has 0 saturated heterocycles. The zero-order valence-electron chi connectivity index (χ0n) is 11.2. The van der Waals surface area contributed by atoms with Crippen LogP contribution in [0, 0.1) is 5.82 Å². The molecule has 0 aliphatic rings. The van der Waals surface area contributed by atoms with Gasteiger partial charge in [0.2, 0.25) is 5.13 Å². The van der Waals surface area contributed by atoms with Crippen LogP contribution in [-0.2, 0) is 6.42 Å². The molecular formula is C14H18FN3S. The minimum Gasteiger partial charge on any atom is -0.357 e. The van der Waals surface area contributed by atoms with Crippen LogP contribution in [-0.4, -0.2) is 16.2 Å². The van der Waals surface area contributed by atoms with E-state index in [9.17, 15) is 4.39 Å². The molecule has 2 rings (SSSR count). The highest BCUT2D eigenvalue weighted by Gasteiger charge is 2.09. The molecular weight excluding hydrogens is 261 g/mol. The highest BCUT2D eigenvalue weighted by Crippen LogP contribution is 2.20. The molecule has 0 unspecified atom stereocenters. The van der Waals surface area contributed by atoms with Crippen LogP contribution in [0.15, 0.2) is 24.3 Å². The fourth-order valence-corrected chi connectivity index (χ4v) is 2.68. The van der Waals surface area contributed by atoms with E-state index in [0.717, 1.165) is 28.5 Å². The molecule has 0 saturated carbocycles. The summed E-state index contributed by atoms with van der Waals surface area (Å²) in [7, 11) is 0. The van der Waals surface area contributed by atoms with Gasteiger partial charge in [0.25, 0.3) is 0 Å². The number of hydrogen-bond acceptors (Lipinski definition) is 4. The lowest BCUT2D eigenvalue weighted by molar-refractivity contribution is 0.627. The van der Waals surface area contributed by atoms with Crippen molar-refractivity contribution in [3.05, 3.63) is 40.7 Å². The number of benzene rings is 1. The molecule has 1 aromatic carbocycles. The first-order valence-electron chi connectivity index (χ1n) is 6.54. The molecule has 1 aromatic heterocycles. The van der Waals surface area contributed by atoms with Gasteiger partial charge in [-0.15, -0.1) is 10.2 Å². The summed E-state index contributed by atoms with van der Waals surface area (Å²) in [6, 6.07) is 6.96. The Kier molecular flexibility index (Phi) is 4.85. The molecule has 0 radical (unpaired) electrons. The average molecular weight is 279 g/mol. The van der Waals surface area contributed by atoms with Crippen molar-refractivity contribution in [1.29, 1.82) is 0 Å². The van der Waals surface area contributed by atoms with Gasteiger partial charge < -0.3 is 5.32 Å². The quantitative estimate of drug-likeness (QED) is 0.872. The Morgan fingerprint density at radius 1 is 1.16 bits per heavy atom. The van der Waals surface area contributed by atoms with E-state index in [1.165, 1.54) is 12.1 Å². The summed E-state index contributed by atoms with van der Waals surface area (Å²) in [4.78, 5) is 0. The van der Waals surface area contributed by atoms with E-state index in [-0.39, 0.29) is 5.82 Å². The van der Waals surface area contributed by atoms with Gasteiger partial charge in [0.15, 0.2) is 0 Å². The van der Waals surface area contributed by atoms with Gasteiger partial charge in [-0.25, -0.2) is 4.39 Å². The van der Waals surface area contributed by atoms with Gasteiger partial charge in [0.1, 0.15) is 10.8 Å². The Morgan fingerprint density at radius 3 is 2.47 bits per heavy atom. The Labute approximate surface area is 116 Å². The van der Waals surface area contributed by atoms with E-state index >= 15 is 0 Å². The van der Waals surface area contributed by atoms with Gasteiger partial charge in [-0.2, -0.15) is 0 Å². The Balaban J connectivity index is 1.99. The first-order valence-corrected chi connectivity index (χ1v) is 7.36. The molecule has 19 heavy (non-hydrogen) atoms. The van der Waals surface area contributed by atoms with Crippen LogP contribution in [0.5, 0.6) is 0 Å². The Morgan fingerprint density at radius 2 is 1.84 bits per heavy atom. The standard InChI is InChI=1S/C14H18FN3S/c1-3-12(4-2)16-14-18-17-13(19-14)9-10-5-7-11(15)8-6-10/h5-8,12H,3-4,9H2,1-2H3,(H,16,18). The van der Waals surface area contributed by atoms with Gasteiger partial charge in [-0.3, -0.25) is 0 Å². The summed E-state index contributed by atoms with van der Waals surface area (Å²) in [5, 5.41) is 13.5. The topological polar surface area (TPSA) is 37.8 Å². The monoisotopic (exact) mass is 279 g/mol. The minimum absolute atomic E-state index is 0.211. The van der Waals surface area contributed by atoms with Crippen molar-refractivity contribution >= 4 is 16.5 Å². The molecule has 0 atom stereocenters. The SMILES string of the molecule is CCC(CC)Nc1nnc(Cc2ccc(F)cc2)s1. The van der Waals surface area contributed by atoms with Gasteiger partial charge in [0.05, 0.1) is 0 Å². The summed E-state index contributed by atoms with van der Waals surface area (Å²) in [5.41, 5.74) is 1.05. The lowest BCUT2D eigenvalue weighted by atomic mass is 10.2. The lowest BCUT2D eigenvalue weighted by Gasteiger charge is -2.12. The predicted molar refractivity (Wildman–Crippen MR) is 77.1 cm³/mol. The zero-order chi connectivity index (χ0) is 13.7. The van der Waals surface area contributed by atoms with Gasteiger partial charge >= 0.3 is 0 Å². The minimum atomic E-state index is -0.211. The third kappa shape index (κ3) is 3.99. The number of aromatic nitrogens is 2. The number of hydrogen-bond donors (Lipinski definition) is 1. The fourth-order valence-electron chi connectivity index (χ4n) is 1.83. The van der Waals surface area contributed by atoms with E-state index in [4.69, 9.17) is 0 Å². The van der Waals surface area contributed by atoms with Crippen molar-refractivity contribution in [1.82, 2.24) is 10.2 Å². The molecule has 0 fully saturated rings. The van der Waals surface area contributed by atoms with Crippen molar-refractivity contribution in [2.24, 2.45) is 0 Å². The molecule has 0 amide bonds. The third-order valence-corrected chi connectivity index (χ3v) is 3.90. The van der Waals surface area contributed by atoms with Crippen LogP contribution in [0.3, 0.4) is 0 Å². The fraction of sp³-hybridized carbons (Fsp3) is 0.429. The number of nitrogens with zero attached hydrogens (tertiary/aromatic N) is 2. The van der Waals surface area contributed by atoms with E-state index in [0.29, 0.717) is 12.5 Å². The molecule has 3 nitrogen and oxygen atoms in total. The van der Waals surface area contributed by atoms with E-state index in [2.05, 4.69) is 29.4 Å². The highest BCUT2D eigenvalue weighted by molar-refractivity contribution is 7.15. The predicted octanol–water partition coefficient (Wildman–Crippen LogP) is 3.87. The van der Waals surface area contributed by atoms with Crippen molar-refractivity contribution in [3.8, 4) is 0 Å². The van der Waals surface area contributed by atoms with Crippen LogP contribution in [0.1, 0.15) is 37.3 Å². The van der Waals surface area contributed by atoms with E-state index in [1.807, 2.05) is 0 Å². The average Bonchev–Trinajstić information content (AvgIpc) is 2.86. The Bertz CT molecular complexity index is 506. The molecule has 2 aromatic rings. The molecule has 1 heterocycles. The maximum absolute atomic E-state index is 12.8. The largest absolute Gasteiger partial charge is 0.357 e. The van der Waals surface area contributed by atoms with Gasteiger partial charge in [-0.1, -0.05) is 37.3 Å². The van der Waals surface area contributed by atoms with E-state index < -0.39 is 0 Å².